The molecule has 7 heteroatoms. The van der Waals surface area contributed by atoms with Crippen molar-refractivity contribution >= 4 is 16.3 Å². The summed E-state index contributed by atoms with van der Waals surface area (Å²) in [6.45, 7) is 1.14. The SMILES string of the molecule is CC(OS(=O)(=O)N(C)C)C(=O)O. The first-order valence-corrected chi connectivity index (χ1v) is 4.47. The van der Waals surface area contributed by atoms with Crippen molar-refractivity contribution in [1.29, 1.82) is 0 Å². The Morgan fingerprint density at radius 3 is 2.17 bits per heavy atom. The molecule has 0 amide bonds. The Balaban J connectivity index is 4.37. The third-order valence-corrected chi connectivity index (χ3v) is 2.49. The second-order valence-corrected chi connectivity index (χ2v) is 4.09. The lowest BCUT2D eigenvalue weighted by Gasteiger charge is -2.13. The summed E-state index contributed by atoms with van der Waals surface area (Å²) in [7, 11) is -1.38. The molecule has 12 heavy (non-hydrogen) atoms. The number of hydrogen-bond donors (Lipinski definition) is 1. The Morgan fingerprint density at radius 1 is 1.50 bits per heavy atom. The molecule has 0 radical (unpaired) electrons. The maximum atomic E-state index is 10.9. The summed E-state index contributed by atoms with van der Waals surface area (Å²) < 4.78 is 26.8. The number of carbonyl (C=O) groups is 1. The van der Waals surface area contributed by atoms with Crippen molar-refractivity contribution in [2.24, 2.45) is 0 Å². The summed E-state index contributed by atoms with van der Waals surface area (Å²) in [5.74, 6) is -1.32. The van der Waals surface area contributed by atoms with Gasteiger partial charge in [-0.1, -0.05) is 0 Å². The zero-order valence-electron chi connectivity index (χ0n) is 7.01. The number of nitrogens with zero attached hydrogens (tertiary/aromatic N) is 1. The Hall–Kier alpha value is -0.660. The summed E-state index contributed by atoms with van der Waals surface area (Å²) in [5, 5.41) is 8.32. The van der Waals surface area contributed by atoms with E-state index in [4.69, 9.17) is 5.11 Å². The molecular formula is C5H11NO5S. The van der Waals surface area contributed by atoms with Gasteiger partial charge >= 0.3 is 16.3 Å². The molecule has 0 fully saturated rings. The third kappa shape index (κ3) is 3.16. The minimum absolute atomic E-state index is 0.798. The van der Waals surface area contributed by atoms with Crippen LogP contribution >= 0.6 is 0 Å². The van der Waals surface area contributed by atoms with Crippen LogP contribution in [0.15, 0.2) is 0 Å². The van der Waals surface area contributed by atoms with Gasteiger partial charge in [0.05, 0.1) is 0 Å². The van der Waals surface area contributed by atoms with Crippen molar-refractivity contribution in [2.45, 2.75) is 13.0 Å². The lowest BCUT2D eigenvalue weighted by molar-refractivity contribution is -0.144. The Kier molecular flexibility index (Phi) is 3.62. The van der Waals surface area contributed by atoms with E-state index >= 15 is 0 Å². The fraction of sp³-hybridized carbons (Fsp3) is 0.800. The van der Waals surface area contributed by atoms with Crippen LogP contribution in [0.5, 0.6) is 0 Å². The first-order chi connectivity index (χ1) is 5.27. The van der Waals surface area contributed by atoms with E-state index < -0.39 is 22.4 Å². The standard InChI is InChI=1S/C5H11NO5S/c1-4(5(7)8)11-12(9,10)6(2)3/h4H,1-3H3,(H,7,8). The highest BCUT2D eigenvalue weighted by Crippen LogP contribution is 2.01. The minimum atomic E-state index is -3.89. The van der Waals surface area contributed by atoms with Gasteiger partial charge in [-0.25, -0.2) is 8.98 Å². The monoisotopic (exact) mass is 197 g/mol. The molecule has 0 aromatic carbocycles. The maximum Gasteiger partial charge on any atom is 0.338 e. The molecule has 0 spiro atoms. The molecule has 72 valence electrons. The fourth-order valence-electron chi connectivity index (χ4n) is 0.310. The van der Waals surface area contributed by atoms with Gasteiger partial charge in [0, 0.05) is 14.1 Å². The van der Waals surface area contributed by atoms with Crippen LogP contribution in [0.25, 0.3) is 0 Å². The molecule has 0 saturated carbocycles. The highest BCUT2D eigenvalue weighted by molar-refractivity contribution is 7.84. The Morgan fingerprint density at radius 2 is 1.92 bits per heavy atom. The van der Waals surface area contributed by atoms with Gasteiger partial charge in [0.25, 0.3) is 0 Å². The first-order valence-electron chi connectivity index (χ1n) is 3.11. The molecule has 1 atom stereocenters. The highest BCUT2D eigenvalue weighted by atomic mass is 32.2. The molecule has 0 aromatic heterocycles. The first kappa shape index (κ1) is 11.3. The van der Waals surface area contributed by atoms with E-state index in [1.54, 1.807) is 0 Å². The van der Waals surface area contributed by atoms with Crippen molar-refractivity contribution < 1.29 is 22.5 Å². The highest BCUT2D eigenvalue weighted by Gasteiger charge is 2.22. The smallest absolute Gasteiger partial charge is 0.338 e. The van der Waals surface area contributed by atoms with Crippen LogP contribution in [0.4, 0.5) is 0 Å². The number of aliphatic carboxylic acids is 1. The van der Waals surface area contributed by atoms with Gasteiger partial charge in [0.2, 0.25) is 0 Å². The van der Waals surface area contributed by atoms with E-state index in [9.17, 15) is 13.2 Å². The average molecular weight is 197 g/mol. The number of hydrogen-bond acceptors (Lipinski definition) is 4. The number of carboxylic acids is 1. The molecule has 0 aliphatic rings. The summed E-state index contributed by atoms with van der Waals surface area (Å²) in [6, 6.07) is 0. The van der Waals surface area contributed by atoms with Crippen LogP contribution in [0.3, 0.4) is 0 Å². The zero-order valence-corrected chi connectivity index (χ0v) is 7.83. The van der Waals surface area contributed by atoms with E-state index in [1.807, 2.05) is 0 Å². The number of carboxylic acid groups (broad SMARTS) is 1. The summed E-state index contributed by atoms with van der Waals surface area (Å²) in [4.78, 5) is 10.2. The second-order valence-electron chi connectivity index (χ2n) is 2.32. The van der Waals surface area contributed by atoms with Crippen molar-refractivity contribution in [3.63, 3.8) is 0 Å². The van der Waals surface area contributed by atoms with Gasteiger partial charge in [-0.05, 0) is 6.92 Å². The van der Waals surface area contributed by atoms with Crippen LogP contribution in [0.1, 0.15) is 6.92 Å². The van der Waals surface area contributed by atoms with Crippen molar-refractivity contribution in [3.8, 4) is 0 Å². The van der Waals surface area contributed by atoms with E-state index in [2.05, 4.69) is 4.18 Å². The Labute approximate surface area is 71.0 Å². The molecule has 6 nitrogen and oxygen atoms in total. The van der Waals surface area contributed by atoms with E-state index in [0.29, 0.717) is 0 Å². The number of rotatable bonds is 4. The zero-order chi connectivity index (χ0) is 9.94. The van der Waals surface area contributed by atoms with E-state index in [0.717, 1.165) is 11.2 Å². The van der Waals surface area contributed by atoms with Crippen LogP contribution in [0, 0.1) is 0 Å². The van der Waals surface area contributed by atoms with Crippen LogP contribution in [-0.4, -0.2) is 44.0 Å². The molecule has 1 N–H and O–H groups in total. The third-order valence-electron chi connectivity index (χ3n) is 1.06. The molecule has 0 rings (SSSR count). The molecule has 0 saturated heterocycles. The normalized spacial score (nSPS) is 14.7. The van der Waals surface area contributed by atoms with Gasteiger partial charge in [-0.3, -0.25) is 0 Å². The second kappa shape index (κ2) is 3.83. The Bertz CT molecular complexity index is 257. The lowest BCUT2D eigenvalue weighted by Crippen LogP contribution is -2.31. The summed E-state index contributed by atoms with van der Waals surface area (Å²) in [5.41, 5.74) is 0. The average Bonchev–Trinajstić information content (AvgIpc) is 1.85. The van der Waals surface area contributed by atoms with Crippen molar-refractivity contribution in [2.75, 3.05) is 14.1 Å². The molecule has 1 unspecified atom stereocenters. The van der Waals surface area contributed by atoms with Crippen LogP contribution in [0.2, 0.25) is 0 Å². The fourth-order valence-corrected chi connectivity index (χ4v) is 0.929. The predicted molar refractivity (Wildman–Crippen MR) is 40.8 cm³/mol. The molecule has 0 bridgehead atoms. The van der Waals surface area contributed by atoms with E-state index in [1.165, 1.54) is 14.1 Å². The van der Waals surface area contributed by atoms with Gasteiger partial charge in [-0.2, -0.15) is 12.7 Å². The van der Waals surface area contributed by atoms with Crippen molar-refractivity contribution in [3.05, 3.63) is 0 Å². The molecule has 0 aliphatic heterocycles. The van der Waals surface area contributed by atoms with Gasteiger partial charge in [-0.15, -0.1) is 0 Å². The molecular weight excluding hydrogens is 186 g/mol. The van der Waals surface area contributed by atoms with Crippen LogP contribution < -0.4 is 0 Å². The summed E-state index contributed by atoms with van der Waals surface area (Å²) in [6.07, 6.45) is -1.36. The van der Waals surface area contributed by atoms with Crippen molar-refractivity contribution in [1.82, 2.24) is 4.31 Å². The predicted octanol–water partition coefficient (Wildman–Crippen LogP) is -0.718. The largest absolute Gasteiger partial charge is 0.479 e. The lowest BCUT2D eigenvalue weighted by atomic mass is 10.4. The van der Waals surface area contributed by atoms with Crippen LogP contribution in [-0.2, 0) is 19.3 Å². The van der Waals surface area contributed by atoms with Gasteiger partial charge < -0.3 is 5.11 Å². The molecule has 0 aliphatic carbocycles. The summed E-state index contributed by atoms with van der Waals surface area (Å²) >= 11 is 0. The van der Waals surface area contributed by atoms with E-state index in [-0.39, 0.29) is 0 Å². The quantitative estimate of drug-likeness (QED) is 0.643. The topological polar surface area (TPSA) is 83.9 Å². The molecule has 0 heterocycles. The van der Waals surface area contributed by atoms with Gasteiger partial charge in [0.15, 0.2) is 6.10 Å². The minimum Gasteiger partial charge on any atom is -0.479 e. The maximum absolute atomic E-state index is 10.9. The molecule has 0 aromatic rings. The van der Waals surface area contributed by atoms with Gasteiger partial charge in [0.1, 0.15) is 0 Å².